The summed E-state index contributed by atoms with van der Waals surface area (Å²) in [6.45, 7) is 3.73. The van der Waals surface area contributed by atoms with Crippen molar-refractivity contribution in [1.82, 2.24) is 19.5 Å². The lowest BCUT2D eigenvalue weighted by atomic mass is 9.97. The Morgan fingerprint density at radius 3 is 2.74 bits per heavy atom. The average molecular weight is 580 g/mol. The van der Waals surface area contributed by atoms with Crippen LogP contribution in [0.1, 0.15) is 18.4 Å². The number of halogens is 4. The molecule has 1 fully saturated rings. The summed E-state index contributed by atoms with van der Waals surface area (Å²) in [6, 6.07) is 15.5. The fraction of sp³-hybridized carbons (Fsp3) is 0.280. The molecule has 0 radical (unpaired) electrons. The monoisotopic (exact) mass is 577 g/mol. The topological polar surface area (TPSA) is 45.5 Å². The molecule has 0 bridgehead atoms. The molecule has 2 aromatic heterocycles. The molecular weight excluding hydrogens is 557 g/mol. The molecule has 0 spiro atoms. The Labute approximate surface area is 222 Å². The van der Waals surface area contributed by atoms with E-state index in [2.05, 4.69) is 31.2 Å². The third kappa shape index (κ3) is 5.21. The molecule has 0 amide bonds. The molecule has 3 heterocycles. The molecular formula is C25H23BrCl3N5. The van der Waals surface area contributed by atoms with Crippen LogP contribution in [0.25, 0.3) is 16.9 Å². The van der Waals surface area contributed by atoms with Gasteiger partial charge in [0.15, 0.2) is 5.65 Å². The van der Waals surface area contributed by atoms with Crippen molar-refractivity contribution in [3.63, 3.8) is 0 Å². The Hall–Kier alpha value is -1.83. The van der Waals surface area contributed by atoms with Crippen LogP contribution in [0.5, 0.6) is 0 Å². The van der Waals surface area contributed by atoms with Crippen molar-refractivity contribution >= 4 is 62.2 Å². The Balaban J connectivity index is 1.33. The maximum Gasteiger partial charge on any atom is 0.172 e. The van der Waals surface area contributed by atoms with Gasteiger partial charge in [0.05, 0.1) is 16.4 Å². The molecule has 1 aliphatic rings. The quantitative estimate of drug-likeness (QED) is 0.258. The molecule has 1 atom stereocenters. The van der Waals surface area contributed by atoms with Crippen LogP contribution in [0, 0.1) is 5.92 Å². The first-order valence-electron chi connectivity index (χ1n) is 11.2. The van der Waals surface area contributed by atoms with Crippen molar-refractivity contribution < 1.29 is 0 Å². The number of nitrogens with zero attached hydrogens (tertiary/aromatic N) is 4. The van der Waals surface area contributed by atoms with Crippen LogP contribution in [-0.2, 0) is 6.54 Å². The van der Waals surface area contributed by atoms with Gasteiger partial charge in [0, 0.05) is 46.3 Å². The number of likely N-dealkylation sites (tertiary alicyclic amines) is 1. The molecule has 1 aliphatic heterocycles. The zero-order chi connectivity index (χ0) is 23.7. The highest BCUT2D eigenvalue weighted by atomic mass is 79.9. The first-order chi connectivity index (χ1) is 16.5. The number of benzene rings is 2. The van der Waals surface area contributed by atoms with Crippen molar-refractivity contribution in [2.75, 3.05) is 25.0 Å². The van der Waals surface area contributed by atoms with E-state index in [1.165, 1.54) is 6.42 Å². The van der Waals surface area contributed by atoms with E-state index in [1.807, 2.05) is 53.0 Å². The van der Waals surface area contributed by atoms with E-state index >= 15 is 0 Å². The summed E-state index contributed by atoms with van der Waals surface area (Å²) in [5, 5.41) is 10.2. The van der Waals surface area contributed by atoms with Gasteiger partial charge in [-0.1, -0.05) is 59.1 Å². The molecule has 34 heavy (non-hydrogen) atoms. The van der Waals surface area contributed by atoms with E-state index in [1.54, 1.807) is 6.20 Å². The van der Waals surface area contributed by atoms with Gasteiger partial charge >= 0.3 is 0 Å². The number of anilines is 1. The van der Waals surface area contributed by atoms with Gasteiger partial charge in [-0.05, 0) is 65.0 Å². The SMILES string of the molecule is Clc1ccc(CN2CCCC(CNc3cc(-c4ccccc4Cl)nc4c(Br)cnn34)C2)c(Cl)c1. The van der Waals surface area contributed by atoms with Crippen LogP contribution in [0.2, 0.25) is 15.1 Å². The van der Waals surface area contributed by atoms with Crippen molar-refractivity contribution in [2.45, 2.75) is 19.4 Å². The maximum absolute atomic E-state index is 6.46. The first-order valence-corrected chi connectivity index (χ1v) is 13.1. The van der Waals surface area contributed by atoms with Crippen molar-refractivity contribution in [3.8, 4) is 11.3 Å². The Kier molecular flexibility index (Phi) is 7.32. The summed E-state index contributed by atoms with van der Waals surface area (Å²) < 4.78 is 2.67. The highest BCUT2D eigenvalue weighted by Crippen LogP contribution is 2.31. The summed E-state index contributed by atoms with van der Waals surface area (Å²) in [6.07, 6.45) is 4.09. The normalized spacial score (nSPS) is 16.8. The zero-order valence-corrected chi connectivity index (χ0v) is 22.2. The van der Waals surface area contributed by atoms with Crippen LogP contribution in [0.15, 0.2) is 59.2 Å². The van der Waals surface area contributed by atoms with Gasteiger partial charge in [0.2, 0.25) is 0 Å². The molecule has 9 heteroatoms. The largest absolute Gasteiger partial charge is 0.370 e. The number of fused-ring (bicyclic) bond motifs is 1. The molecule has 1 saturated heterocycles. The third-order valence-corrected chi connectivity index (χ3v) is 7.64. The number of nitrogens with one attached hydrogen (secondary N) is 1. The van der Waals surface area contributed by atoms with Crippen LogP contribution in [-0.4, -0.2) is 39.1 Å². The minimum absolute atomic E-state index is 0.505. The van der Waals surface area contributed by atoms with Crippen molar-refractivity contribution in [2.24, 2.45) is 5.92 Å². The second kappa shape index (κ2) is 10.4. The predicted molar refractivity (Wildman–Crippen MR) is 144 cm³/mol. The average Bonchev–Trinajstić information content (AvgIpc) is 3.21. The lowest BCUT2D eigenvalue weighted by Crippen LogP contribution is -2.37. The van der Waals surface area contributed by atoms with E-state index in [0.717, 1.165) is 70.4 Å². The minimum atomic E-state index is 0.505. The number of hydrogen-bond acceptors (Lipinski definition) is 4. The van der Waals surface area contributed by atoms with Crippen LogP contribution in [0.4, 0.5) is 5.82 Å². The molecule has 0 saturated carbocycles. The summed E-state index contributed by atoms with van der Waals surface area (Å²) >= 11 is 22.5. The number of aromatic nitrogens is 3. The molecule has 4 aromatic rings. The highest BCUT2D eigenvalue weighted by Gasteiger charge is 2.21. The maximum atomic E-state index is 6.46. The van der Waals surface area contributed by atoms with E-state index in [0.29, 0.717) is 16.0 Å². The van der Waals surface area contributed by atoms with Gasteiger partial charge in [-0.2, -0.15) is 9.61 Å². The van der Waals surface area contributed by atoms with Crippen LogP contribution < -0.4 is 5.32 Å². The summed E-state index contributed by atoms with van der Waals surface area (Å²) in [4.78, 5) is 7.26. The van der Waals surface area contributed by atoms with Gasteiger partial charge in [-0.25, -0.2) is 4.98 Å². The minimum Gasteiger partial charge on any atom is -0.370 e. The van der Waals surface area contributed by atoms with Crippen LogP contribution in [0.3, 0.4) is 0 Å². The second-order valence-corrected chi connectivity index (χ2v) is 10.7. The highest BCUT2D eigenvalue weighted by molar-refractivity contribution is 9.10. The molecule has 0 aliphatic carbocycles. The first kappa shape index (κ1) is 23.9. The molecule has 1 N–H and O–H groups in total. The molecule has 176 valence electrons. The Morgan fingerprint density at radius 1 is 1.06 bits per heavy atom. The fourth-order valence-corrected chi connectivity index (χ4v) is 5.52. The Morgan fingerprint density at radius 2 is 1.91 bits per heavy atom. The fourth-order valence-electron chi connectivity index (χ4n) is 4.47. The Bertz CT molecular complexity index is 1330. The standard InChI is InChI=1S/C25H23BrCl3N5/c26-20-13-31-34-24(11-23(32-25(20)34)19-5-1-2-6-21(19)28)30-12-16-4-3-9-33(14-16)15-17-7-8-18(27)10-22(17)29/h1-2,5-8,10-11,13,16,30H,3-4,9,12,14-15H2. The molecule has 1 unspecified atom stereocenters. The van der Waals surface area contributed by atoms with E-state index in [9.17, 15) is 0 Å². The van der Waals surface area contributed by atoms with Gasteiger partial charge in [0.25, 0.3) is 0 Å². The van der Waals surface area contributed by atoms with Crippen molar-refractivity contribution in [3.05, 3.63) is 79.8 Å². The number of hydrogen-bond donors (Lipinski definition) is 1. The smallest absolute Gasteiger partial charge is 0.172 e. The third-order valence-electron chi connectivity index (χ3n) is 6.16. The summed E-state index contributed by atoms with van der Waals surface area (Å²) in [5.74, 6) is 1.40. The predicted octanol–water partition coefficient (Wildman–Crippen LogP) is 7.44. The van der Waals surface area contributed by atoms with Crippen molar-refractivity contribution in [1.29, 1.82) is 0 Å². The summed E-state index contributed by atoms with van der Waals surface area (Å²) in [7, 11) is 0. The van der Waals surface area contributed by atoms with E-state index < -0.39 is 0 Å². The lowest BCUT2D eigenvalue weighted by Gasteiger charge is -2.33. The second-order valence-electron chi connectivity index (χ2n) is 8.59. The number of rotatable bonds is 6. The zero-order valence-electron chi connectivity index (χ0n) is 18.3. The molecule has 5 rings (SSSR count). The molecule has 5 nitrogen and oxygen atoms in total. The van der Waals surface area contributed by atoms with Gasteiger partial charge in [-0.15, -0.1) is 0 Å². The van der Waals surface area contributed by atoms with Gasteiger partial charge < -0.3 is 5.32 Å². The van der Waals surface area contributed by atoms with E-state index in [4.69, 9.17) is 39.8 Å². The van der Waals surface area contributed by atoms with Gasteiger partial charge in [0.1, 0.15) is 5.82 Å². The number of piperidine rings is 1. The molecule has 2 aromatic carbocycles. The lowest BCUT2D eigenvalue weighted by molar-refractivity contribution is 0.173. The van der Waals surface area contributed by atoms with Crippen LogP contribution >= 0.6 is 50.7 Å². The van der Waals surface area contributed by atoms with E-state index in [-0.39, 0.29) is 0 Å². The summed E-state index contributed by atoms with van der Waals surface area (Å²) in [5.41, 5.74) is 3.57. The van der Waals surface area contributed by atoms with Gasteiger partial charge in [-0.3, -0.25) is 4.90 Å².